The molecule has 0 fully saturated rings. The Kier molecular flexibility index (Phi) is 3.21. The van der Waals surface area contributed by atoms with Crippen LogP contribution in [0.5, 0.6) is 0 Å². The molecule has 2 aromatic carbocycles. The van der Waals surface area contributed by atoms with Gasteiger partial charge in [-0.1, -0.05) is 24.8 Å². The number of aryl methyl sites for hydroxylation is 1. The quantitative estimate of drug-likeness (QED) is 0.453. The summed E-state index contributed by atoms with van der Waals surface area (Å²) in [5.74, 6) is -0.539. The van der Waals surface area contributed by atoms with E-state index in [9.17, 15) is 9.90 Å². The first-order valence-electron chi connectivity index (χ1n) is 7.69. The highest BCUT2D eigenvalue weighted by atomic mass is 16.5. The third kappa shape index (κ3) is 2.11. The van der Waals surface area contributed by atoms with Crippen LogP contribution in [0.4, 0.5) is 0 Å². The van der Waals surface area contributed by atoms with Crippen molar-refractivity contribution in [1.82, 2.24) is 14.1 Å². The number of aromatic nitrogens is 3. The maximum absolute atomic E-state index is 11.1. The molecule has 1 atom stereocenters. The Labute approximate surface area is 138 Å². The SMILES string of the molecule is C=CC(=O)OCC(O)c1ccc(-n2n3c4ccccc4n23)cc1C. The van der Waals surface area contributed by atoms with Gasteiger partial charge in [0.05, 0.1) is 5.69 Å². The molecule has 0 spiro atoms. The zero-order valence-corrected chi connectivity index (χ0v) is 13.2. The van der Waals surface area contributed by atoms with Gasteiger partial charge in [0.25, 0.3) is 0 Å². The second kappa shape index (κ2) is 5.28. The number of benzene rings is 2. The molecule has 2 aromatic heterocycles. The van der Waals surface area contributed by atoms with Gasteiger partial charge in [-0.2, -0.15) is 4.80 Å². The van der Waals surface area contributed by atoms with Gasteiger partial charge in [-0.05, 0) is 42.3 Å². The van der Waals surface area contributed by atoms with Gasteiger partial charge in [-0.25, -0.2) is 4.79 Å². The summed E-state index contributed by atoms with van der Waals surface area (Å²) in [5, 5.41) is 10.2. The fourth-order valence-electron chi connectivity index (χ4n) is 2.98. The van der Waals surface area contributed by atoms with E-state index < -0.39 is 12.1 Å². The van der Waals surface area contributed by atoms with E-state index in [2.05, 4.69) is 32.8 Å². The van der Waals surface area contributed by atoms with Crippen LogP contribution < -0.4 is 0 Å². The van der Waals surface area contributed by atoms with Gasteiger partial charge in [-0.3, -0.25) is 0 Å². The molecular formula is C18H17N3O3. The maximum Gasteiger partial charge on any atom is 0.330 e. The van der Waals surface area contributed by atoms with Crippen LogP contribution >= 0.6 is 0 Å². The first-order chi connectivity index (χ1) is 11.6. The van der Waals surface area contributed by atoms with Crippen molar-refractivity contribution in [1.29, 1.82) is 0 Å². The predicted molar refractivity (Wildman–Crippen MR) is 89.7 cm³/mol. The van der Waals surface area contributed by atoms with E-state index in [-0.39, 0.29) is 6.61 Å². The van der Waals surface area contributed by atoms with E-state index in [4.69, 9.17) is 4.74 Å². The summed E-state index contributed by atoms with van der Waals surface area (Å²) in [6, 6.07) is 14.0. The van der Waals surface area contributed by atoms with E-state index in [1.165, 1.54) is 11.0 Å². The molecule has 6 heteroatoms. The standard InChI is InChI=1S/C18H17N3O3/c1-3-18(23)24-11-17(22)14-9-8-13(10-12(14)2)19-20-15-6-4-5-7-16(15)21(19)20/h3-10,17,22H,1,11H2,2H3. The lowest BCUT2D eigenvalue weighted by Gasteiger charge is -2.13. The minimum Gasteiger partial charge on any atom is -0.459 e. The number of rotatable bonds is 5. The molecule has 1 N–H and O–H groups in total. The number of para-hydroxylation sites is 2. The highest BCUT2D eigenvalue weighted by Crippen LogP contribution is 2.28. The van der Waals surface area contributed by atoms with Crippen molar-refractivity contribution in [3.05, 3.63) is 66.2 Å². The molecule has 0 saturated carbocycles. The summed E-state index contributed by atoms with van der Waals surface area (Å²) in [7, 11) is 0. The fourth-order valence-corrected chi connectivity index (χ4v) is 2.98. The number of ether oxygens (including phenoxy) is 1. The van der Waals surface area contributed by atoms with Crippen molar-refractivity contribution in [2.24, 2.45) is 0 Å². The monoisotopic (exact) mass is 323 g/mol. The number of hydrogen-bond donors (Lipinski definition) is 1. The van der Waals surface area contributed by atoms with Crippen molar-refractivity contribution in [2.45, 2.75) is 13.0 Å². The summed E-state index contributed by atoms with van der Waals surface area (Å²) in [6.45, 7) is 5.18. The molecule has 4 aromatic rings. The summed E-state index contributed by atoms with van der Waals surface area (Å²) < 4.78 is 9.06. The molecule has 0 radical (unpaired) electrons. The molecule has 4 rings (SSSR count). The smallest absolute Gasteiger partial charge is 0.330 e. The van der Waals surface area contributed by atoms with Gasteiger partial charge >= 0.3 is 5.97 Å². The molecular weight excluding hydrogens is 306 g/mol. The minimum atomic E-state index is -0.855. The van der Waals surface area contributed by atoms with Gasteiger partial charge in [0.15, 0.2) is 0 Å². The molecule has 0 saturated heterocycles. The zero-order chi connectivity index (χ0) is 16.8. The molecule has 0 aliphatic rings. The minimum absolute atomic E-state index is 0.0849. The fraction of sp³-hybridized carbons (Fsp3) is 0.167. The Morgan fingerprint density at radius 1 is 1.25 bits per heavy atom. The highest BCUT2D eigenvalue weighted by Gasteiger charge is 2.23. The Hall–Kier alpha value is -2.99. The van der Waals surface area contributed by atoms with E-state index in [0.717, 1.165) is 22.9 Å². The van der Waals surface area contributed by atoms with Gasteiger partial charge in [0, 0.05) is 6.08 Å². The molecule has 0 aliphatic heterocycles. The van der Waals surface area contributed by atoms with E-state index in [0.29, 0.717) is 0 Å². The number of hydrogen-bond acceptors (Lipinski definition) is 3. The average molecular weight is 323 g/mol. The largest absolute Gasteiger partial charge is 0.459 e. The number of aliphatic hydroxyl groups excluding tert-OH is 1. The lowest BCUT2D eigenvalue weighted by atomic mass is 10.0. The Bertz CT molecular complexity index is 995. The summed E-state index contributed by atoms with van der Waals surface area (Å²) in [4.78, 5) is 13.2. The van der Waals surface area contributed by atoms with Crippen LogP contribution in [0, 0.1) is 6.92 Å². The number of nitrogens with zero attached hydrogens (tertiary/aromatic N) is 3. The van der Waals surface area contributed by atoms with Crippen molar-refractivity contribution < 1.29 is 14.6 Å². The Morgan fingerprint density at radius 3 is 2.50 bits per heavy atom. The second-order valence-electron chi connectivity index (χ2n) is 5.75. The van der Waals surface area contributed by atoms with Crippen molar-refractivity contribution in [3.8, 4) is 5.69 Å². The van der Waals surface area contributed by atoms with Crippen LogP contribution in [0.25, 0.3) is 16.7 Å². The molecule has 6 nitrogen and oxygen atoms in total. The van der Waals surface area contributed by atoms with Crippen molar-refractivity contribution in [3.63, 3.8) is 0 Å². The van der Waals surface area contributed by atoms with Gasteiger partial charge in [0.1, 0.15) is 23.7 Å². The molecule has 1 unspecified atom stereocenters. The number of esters is 1. The molecule has 122 valence electrons. The second-order valence-corrected chi connectivity index (χ2v) is 5.75. The first kappa shape index (κ1) is 14.6. The summed E-state index contributed by atoms with van der Waals surface area (Å²) in [6.07, 6.45) is 0.228. The summed E-state index contributed by atoms with van der Waals surface area (Å²) >= 11 is 0. The first-order valence-corrected chi connectivity index (χ1v) is 7.69. The zero-order valence-electron chi connectivity index (χ0n) is 13.2. The molecule has 24 heavy (non-hydrogen) atoms. The van der Waals surface area contributed by atoms with Gasteiger partial charge < -0.3 is 9.84 Å². The molecule has 0 bridgehead atoms. The van der Waals surface area contributed by atoms with Crippen molar-refractivity contribution >= 4 is 17.0 Å². The van der Waals surface area contributed by atoms with E-state index in [1.54, 1.807) is 0 Å². The number of fused-ring (bicyclic) bond motifs is 4. The predicted octanol–water partition coefficient (Wildman–Crippen LogP) is 2.49. The normalized spacial score (nSPS) is 12.9. The molecule has 2 heterocycles. The summed E-state index contributed by atoms with van der Waals surface area (Å²) in [5.41, 5.74) is 5.05. The molecule has 0 aliphatic carbocycles. The lowest BCUT2D eigenvalue weighted by molar-refractivity contribution is -0.140. The van der Waals surface area contributed by atoms with E-state index in [1.807, 2.05) is 37.3 Å². The van der Waals surface area contributed by atoms with Crippen LogP contribution in [0.15, 0.2) is 55.1 Å². The van der Waals surface area contributed by atoms with Crippen LogP contribution in [0.1, 0.15) is 17.2 Å². The van der Waals surface area contributed by atoms with Crippen LogP contribution in [-0.4, -0.2) is 31.7 Å². The van der Waals surface area contributed by atoms with E-state index >= 15 is 0 Å². The highest BCUT2D eigenvalue weighted by molar-refractivity contribution is 5.81. The lowest BCUT2D eigenvalue weighted by Crippen LogP contribution is -2.12. The molecule has 0 amide bonds. The topological polar surface area (TPSA) is 60.3 Å². The third-order valence-electron chi connectivity index (χ3n) is 4.21. The Morgan fingerprint density at radius 2 is 1.92 bits per heavy atom. The van der Waals surface area contributed by atoms with Crippen molar-refractivity contribution in [2.75, 3.05) is 6.61 Å². The number of carbonyl (C=O) groups excluding carboxylic acids is 1. The van der Waals surface area contributed by atoms with Gasteiger partial charge in [0.2, 0.25) is 0 Å². The average Bonchev–Trinajstić information content (AvgIpc) is 3.26. The maximum atomic E-state index is 11.1. The van der Waals surface area contributed by atoms with Crippen LogP contribution in [0.3, 0.4) is 0 Å². The number of aliphatic hydroxyl groups is 1. The third-order valence-corrected chi connectivity index (χ3v) is 4.21. The Balaban J connectivity index is 1.59. The number of carbonyl (C=O) groups is 1. The van der Waals surface area contributed by atoms with Gasteiger partial charge in [-0.15, -0.1) is 9.26 Å². The van der Waals surface area contributed by atoms with Crippen LogP contribution in [0.2, 0.25) is 0 Å². The van der Waals surface area contributed by atoms with Crippen LogP contribution in [-0.2, 0) is 9.53 Å².